The number of hydrogen-bond donors (Lipinski definition) is 1. The molecule has 0 aromatic heterocycles. The lowest BCUT2D eigenvalue weighted by Crippen LogP contribution is -2.20. The molecule has 0 fully saturated rings. The number of hydrogen-bond acceptors (Lipinski definition) is 2. The fourth-order valence-electron chi connectivity index (χ4n) is 2.30. The summed E-state index contributed by atoms with van der Waals surface area (Å²) in [6, 6.07) is 14.2. The lowest BCUT2D eigenvalue weighted by atomic mass is 9.98. The molecule has 2 rings (SSSR count). The highest BCUT2D eigenvalue weighted by atomic mass is 16.5. The van der Waals surface area contributed by atoms with Gasteiger partial charge in [0.25, 0.3) is 0 Å². The van der Waals surface area contributed by atoms with E-state index >= 15 is 0 Å². The number of benzene rings is 2. The summed E-state index contributed by atoms with van der Waals surface area (Å²) in [6.45, 7) is 2.10. The molecule has 0 bridgehead atoms. The minimum absolute atomic E-state index is 0.129. The third kappa shape index (κ3) is 2.71. The second kappa shape index (κ2) is 5.98. The van der Waals surface area contributed by atoms with Crippen LogP contribution in [0.1, 0.15) is 31.4 Å². The SMILES string of the molecule is CCCC(OC)C(O)c1ccc2ccccc2c1. The molecular weight excluding hydrogens is 224 g/mol. The number of aliphatic hydroxyl groups is 1. The molecule has 0 saturated carbocycles. The van der Waals surface area contributed by atoms with Crippen molar-refractivity contribution in [3.8, 4) is 0 Å². The Hall–Kier alpha value is -1.38. The van der Waals surface area contributed by atoms with Crippen molar-refractivity contribution in [3.05, 3.63) is 48.0 Å². The molecule has 18 heavy (non-hydrogen) atoms. The minimum Gasteiger partial charge on any atom is -0.386 e. The van der Waals surface area contributed by atoms with Crippen molar-refractivity contribution in [2.75, 3.05) is 7.11 Å². The molecular formula is C16H20O2. The van der Waals surface area contributed by atoms with Gasteiger partial charge in [0.2, 0.25) is 0 Å². The molecule has 0 saturated heterocycles. The molecule has 2 aromatic carbocycles. The van der Waals surface area contributed by atoms with Gasteiger partial charge in [-0.05, 0) is 28.8 Å². The molecule has 2 nitrogen and oxygen atoms in total. The Bertz CT molecular complexity index is 507. The summed E-state index contributed by atoms with van der Waals surface area (Å²) >= 11 is 0. The highest BCUT2D eigenvalue weighted by Crippen LogP contribution is 2.25. The van der Waals surface area contributed by atoms with Crippen LogP contribution in [0.5, 0.6) is 0 Å². The van der Waals surface area contributed by atoms with Gasteiger partial charge in [-0.1, -0.05) is 49.7 Å². The average Bonchev–Trinajstić information content (AvgIpc) is 2.43. The van der Waals surface area contributed by atoms with Crippen LogP contribution >= 0.6 is 0 Å². The predicted octanol–water partition coefficient (Wildman–Crippen LogP) is 3.69. The Kier molecular flexibility index (Phi) is 4.34. The molecule has 2 aromatic rings. The molecule has 2 unspecified atom stereocenters. The Morgan fingerprint density at radius 1 is 1.11 bits per heavy atom. The number of aliphatic hydroxyl groups excluding tert-OH is 1. The van der Waals surface area contributed by atoms with E-state index in [-0.39, 0.29) is 6.10 Å². The molecule has 0 aliphatic heterocycles. The van der Waals surface area contributed by atoms with Crippen LogP contribution in [0, 0.1) is 0 Å². The summed E-state index contributed by atoms with van der Waals surface area (Å²) in [5, 5.41) is 12.7. The highest BCUT2D eigenvalue weighted by Gasteiger charge is 2.19. The zero-order valence-electron chi connectivity index (χ0n) is 11.0. The van der Waals surface area contributed by atoms with E-state index in [0.717, 1.165) is 23.8 Å². The molecule has 0 radical (unpaired) electrons. The molecule has 0 spiro atoms. The Morgan fingerprint density at radius 2 is 1.83 bits per heavy atom. The van der Waals surface area contributed by atoms with Gasteiger partial charge < -0.3 is 9.84 Å². The first-order valence-corrected chi connectivity index (χ1v) is 6.45. The van der Waals surface area contributed by atoms with Gasteiger partial charge >= 0.3 is 0 Å². The first-order valence-electron chi connectivity index (χ1n) is 6.45. The van der Waals surface area contributed by atoms with Gasteiger partial charge in [-0.25, -0.2) is 0 Å². The largest absolute Gasteiger partial charge is 0.386 e. The maximum atomic E-state index is 10.3. The van der Waals surface area contributed by atoms with Crippen LogP contribution in [-0.4, -0.2) is 18.3 Å². The van der Waals surface area contributed by atoms with E-state index in [1.54, 1.807) is 7.11 Å². The van der Waals surface area contributed by atoms with Crippen LogP contribution < -0.4 is 0 Å². The predicted molar refractivity (Wildman–Crippen MR) is 74.6 cm³/mol. The average molecular weight is 244 g/mol. The first kappa shape index (κ1) is 13.1. The minimum atomic E-state index is -0.556. The summed E-state index contributed by atoms with van der Waals surface area (Å²) in [6.07, 6.45) is 1.18. The normalized spacial score (nSPS) is 14.6. The molecule has 0 heterocycles. The summed E-state index contributed by atoms with van der Waals surface area (Å²) in [5.41, 5.74) is 0.925. The maximum absolute atomic E-state index is 10.3. The number of rotatable bonds is 5. The van der Waals surface area contributed by atoms with Gasteiger partial charge in [-0.2, -0.15) is 0 Å². The molecule has 96 valence electrons. The van der Waals surface area contributed by atoms with E-state index in [0.29, 0.717) is 0 Å². The third-order valence-electron chi connectivity index (χ3n) is 3.34. The fourth-order valence-corrected chi connectivity index (χ4v) is 2.30. The van der Waals surface area contributed by atoms with Gasteiger partial charge in [0.15, 0.2) is 0 Å². The molecule has 1 N–H and O–H groups in total. The van der Waals surface area contributed by atoms with Crippen LogP contribution in [0.4, 0.5) is 0 Å². The van der Waals surface area contributed by atoms with E-state index in [1.165, 1.54) is 5.39 Å². The van der Waals surface area contributed by atoms with Crippen molar-refractivity contribution < 1.29 is 9.84 Å². The Morgan fingerprint density at radius 3 is 2.50 bits per heavy atom. The second-order valence-corrected chi connectivity index (χ2v) is 4.61. The van der Waals surface area contributed by atoms with Gasteiger partial charge in [0, 0.05) is 7.11 Å². The third-order valence-corrected chi connectivity index (χ3v) is 3.34. The van der Waals surface area contributed by atoms with E-state index in [4.69, 9.17) is 4.74 Å². The van der Waals surface area contributed by atoms with E-state index in [2.05, 4.69) is 19.1 Å². The number of fused-ring (bicyclic) bond motifs is 1. The van der Waals surface area contributed by atoms with Crippen LogP contribution in [0.3, 0.4) is 0 Å². The smallest absolute Gasteiger partial charge is 0.105 e. The van der Waals surface area contributed by atoms with Gasteiger partial charge in [0.1, 0.15) is 6.10 Å². The van der Waals surface area contributed by atoms with E-state index < -0.39 is 6.10 Å². The van der Waals surface area contributed by atoms with Crippen molar-refractivity contribution in [1.82, 2.24) is 0 Å². The van der Waals surface area contributed by atoms with Crippen molar-refractivity contribution in [2.45, 2.75) is 32.0 Å². The number of methoxy groups -OCH3 is 1. The van der Waals surface area contributed by atoms with Crippen LogP contribution in [0.15, 0.2) is 42.5 Å². The van der Waals surface area contributed by atoms with Gasteiger partial charge in [-0.15, -0.1) is 0 Å². The van der Waals surface area contributed by atoms with E-state index in [9.17, 15) is 5.11 Å². The van der Waals surface area contributed by atoms with Crippen LogP contribution in [-0.2, 0) is 4.74 Å². The summed E-state index contributed by atoms with van der Waals surface area (Å²) in [4.78, 5) is 0. The van der Waals surface area contributed by atoms with Crippen molar-refractivity contribution >= 4 is 10.8 Å². The van der Waals surface area contributed by atoms with Gasteiger partial charge in [-0.3, -0.25) is 0 Å². The van der Waals surface area contributed by atoms with Crippen molar-refractivity contribution in [3.63, 3.8) is 0 Å². The zero-order valence-corrected chi connectivity index (χ0v) is 11.0. The molecule has 2 heteroatoms. The Labute approximate surface area is 108 Å². The van der Waals surface area contributed by atoms with Gasteiger partial charge in [0.05, 0.1) is 6.10 Å². The standard InChI is InChI=1S/C16H20O2/c1-3-6-15(18-2)16(17)14-10-9-12-7-4-5-8-13(12)11-14/h4-5,7-11,15-17H,3,6H2,1-2H3. The summed E-state index contributed by atoms with van der Waals surface area (Å²) < 4.78 is 5.37. The maximum Gasteiger partial charge on any atom is 0.105 e. The Balaban J connectivity index is 2.29. The second-order valence-electron chi connectivity index (χ2n) is 4.61. The van der Waals surface area contributed by atoms with Crippen molar-refractivity contribution in [2.24, 2.45) is 0 Å². The lowest BCUT2D eigenvalue weighted by molar-refractivity contribution is -0.0179. The van der Waals surface area contributed by atoms with Crippen LogP contribution in [0.25, 0.3) is 10.8 Å². The lowest BCUT2D eigenvalue weighted by Gasteiger charge is -2.21. The quantitative estimate of drug-likeness (QED) is 0.869. The summed E-state index contributed by atoms with van der Waals surface area (Å²) in [5.74, 6) is 0. The molecule has 0 aliphatic rings. The monoisotopic (exact) mass is 244 g/mol. The zero-order chi connectivity index (χ0) is 13.0. The molecule has 2 atom stereocenters. The number of ether oxygens (including phenoxy) is 1. The highest BCUT2D eigenvalue weighted by molar-refractivity contribution is 5.83. The molecule has 0 aliphatic carbocycles. The first-order chi connectivity index (χ1) is 8.76. The van der Waals surface area contributed by atoms with Crippen LogP contribution in [0.2, 0.25) is 0 Å². The fraction of sp³-hybridized carbons (Fsp3) is 0.375. The molecule has 0 amide bonds. The van der Waals surface area contributed by atoms with Crippen molar-refractivity contribution in [1.29, 1.82) is 0 Å². The topological polar surface area (TPSA) is 29.5 Å². The van der Waals surface area contributed by atoms with E-state index in [1.807, 2.05) is 30.3 Å². The summed E-state index contributed by atoms with van der Waals surface area (Å²) in [7, 11) is 1.66.